The maximum absolute atomic E-state index is 2.21. The van der Waals surface area contributed by atoms with Crippen LogP contribution in [0.25, 0.3) is 0 Å². The van der Waals surface area contributed by atoms with Crippen LogP contribution >= 0.6 is 0 Å². The van der Waals surface area contributed by atoms with Gasteiger partial charge in [-0.05, 0) is 0 Å². The average Bonchev–Trinajstić information content (AvgIpc) is 0.722. The van der Waals surface area contributed by atoms with Crippen molar-refractivity contribution in [2.75, 3.05) is 0 Å². The normalized spacial score (nSPS) is 14.0. The van der Waals surface area contributed by atoms with Crippen LogP contribution < -0.4 is 0 Å². The van der Waals surface area contributed by atoms with Gasteiger partial charge >= 0.3 is 30.7 Å². The third-order valence-electron chi connectivity index (χ3n) is 0.444. The SMILES string of the molecule is C1=[CH][Al]=[CH]1. The van der Waals surface area contributed by atoms with Gasteiger partial charge in [0.25, 0.3) is 0 Å². The van der Waals surface area contributed by atoms with Crippen LogP contribution in [0.1, 0.15) is 0 Å². The maximum atomic E-state index is 2.21. The molecular formula is C3H3Al. The van der Waals surface area contributed by atoms with Gasteiger partial charge in [-0.1, -0.05) is 0 Å². The van der Waals surface area contributed by atoms with Crippen molar-refractivity contribution >= 4 is 19.7 Å². The summed E-state index contributed by atoms with van der Waals surface area (Å²) in [5.74, 6) is 0. The Labute approximate surface area is 31.4 Å². The van der Waals surface area contributed by atoms with Crippen molar-refractivity contribution in [3.63, 3.8) is 0 Å². The van der Waals surface area contributed by atoms with Crippen molar-refractivity contribution in [2.24, 2.45) is 0 Å². The Balaban J connectivity index is 2.67. The van der Waals surface area contributed by atoms with Gasteiger partial charge in [-0.25, -0.2) is 0 Å². The fraction of sp³-hybridized carbons (Fsp3) is 0. The molecule has 4 heavy (non-hydrogen) atoms. The molecule has 1 heteroatoms. The van der Waals surface area contributed by atoms with E-state index in [2.05, 4.69) is 15.9 Å². The van der Waals surface area contributed by atoms with Crippen LogP contribution in [0.3, 0.4) is 0 Å². The Morgan fingerprint density at radius 2 is 1.75 bits per heavy atom. The number of hydrogen-bond acceptors (Lipinski definition) is 0. The molecule has 0 spiro atoms. The van der Waals surface area contributed by atoms with Crippen LogP contribution in [0.2, 0.25) is 0 Å². The second-order valence-corrected chi connectivity index (χ2v) is 1.92. The molecule has 0 aromatic carbocycles. The van der Waals surface area contributed by atoms with Gasteiger partial charge in [-0.2, -0.15) is 0 Å². The van der Waals surface area contributed by atoms with Gasteiger partial charge in [-0.15, -0.1) is 0 Å². The molecule has 0 saturated heterocycles. The summed E-state index contributed by atoms with van der Waals surface area (Å²) in [6.07, 6.45) is 2.09. The Morgan fingerprint density at radius 1 is 1.50 bits per heavy atom. The molecule has 0 bridgehead atoms. The first-order valence-electron chi connectivity index (χ1n) is 1.33. The van der Waals surface area contributed by atoms with Crippen molar-refractivity contribution in [1.29, 1.82) is 0 Å². The molecule has 0 N–H and O–H groups in total. The molecule has 0 fully saturated rings. The Hall–Kier alpha value is 0.142. The summed E-state index contributed by atoms with van der Waals surface area (Å²) in [5, 5.41) is 0. The molecule has 0 aliphatic carbocycles. The standard InChI is InChI=1S/C3H3.Al/c1-3-2;/h1-3H;. The van der Waals surface area contributed by atoms with Gasteiger partial charge in [0, 0.05) is 0 Å². The third-order valence-corrected chi connectivity index (χ3v) is 1.33. The molecule has 0 radical (unpaired) electrons. The Bertz CT molecular complexity index is 43.7. The van der Waals surface area contributed by atoms with Crippen molar-refractivity contribution in [3.8, 4) is 0 Å². The van der Waals surface area contributed by atoms with Crippen LogP contribution in [0.5, 0.6) is 0 Å². The van der Waals surface area contributed by atoms with Crippen molar-refractivity contribution in [1.82, 2.24) is 0 Å². The van der Waals surface area contributed by atoms with Crippen molar-refractivity contribution in [3.05, 3.63) is 11.0 Å². The summed E-state index contributed by atoms with van der Waals surface area (Å²) in [6.45, 7) is 0. The molecule has 0 saturated carbocycles. The second-order valence-electron chi connectivity index (χ2n) is 0.770. The minimum absolute atomic E-state index is 0.657. The van der Waals surface area contributed by atoms with E-state index in [0.717, 1.165) is 0 Å². The molecule has 0 nitrogen and oxygen atoms in total. The third kappa shape index (κ3) is 0.163. The van der Waals surface area contributed by atoms with E-state index in [-0.39, 0.29) is 0 Å². The summed E-state index contributed by atoms with van der Waals surface area (Å²) in [5.41, 5.74) is 0. The average molecular weight is 66.0 g/mol. The molecule has 0 amide bonds. The fourth-order valence-electron chi connectivity index (χ4n) is 0.111. The van der Waals surface area contributed by atoms with Crippen LogP contribution in [-0.4, -0.2) is 19.7 Å². The van der Waals surface area contributed by atoms with Gasteiger partial charge in [0.2, 0.25) is 0 Å². The molecule has 18 valence electrons. The molecule has 0 atom stereocenters. The molecule has 0 unspecified atom stereocenters. The molecule has 1 aliphatic rings. The number of hydrogen-bond donors (Lipinski definition) is 0. The van der Waals surface area contributed by atoms with Crippen LogP contribution in [0, 0.1) is 0 Å². The first-order valence-corrected chi connectivity index (χ1v) is 2.67. The Morgan fingerprint density at radius 3 is 1.75 bits per heavy atom. The van der Waals surface area contributed by atoms with E-state index in [1.807, 2.05) is 0 Å². The topological polar surface area (TPSA) is 0 Å². The quantitative estimate of drug-likeness (QED) is 0.350. The number of rotatable bonds is 0. The molecule has 1 aliphatic heterocycles. The molecular weight excluding hydrogens is 63.0 g/mol. The van der Waals surface area contributed by atoms with E-state index in [0.29, 0.717) is 14.8 Å². The van der Waals surface area contributed by atoms with E-state index < -0.39 is 0 Å². The minimum atomic E-state index is 0.657. The van der Waals surface area contributed by atoms with Crippen molar-refractivity contribution in [2.45, 2.75) is 0 Å². The predicted octanol–water partition coefficient (Wildman–Crippen LogP) is 0.0201. The second kappa shape index (κ2) is 0.841. The first-order chi connectivity index (χ1) is 2.00. The zero-order valence-electron chi connectivity index (χ0n) is 2.31. The van der Waals surface area contributed by atoms with Gasteiger partial charge in [0.15, 0.2) is 0 Å². The molecule has 0 aromatic heterocycles. The Kier molecular flexibility index (Phi) is 0.501. The summed E-state index contributed by atoms with van der Waals surface area (Å²) in [4.78, 5) is 4.42. The van der Waals surface area contributed by atoms with E-state index in [1.165, 1.54) is 0 Å². The zero-order valence-corrected chi connectivity index (χ0v) is 3.46. The van der Waals surface area contributed by atoms with Gasteiger partial charge in [0.05, 0.1) is 0 Å². The van der Waals surface area contributed by atoms with E-state index in [9.17, 15) is 0 Å². The van der Waals surface area contributed by atoms with Crippen molar-refractivity contribution < 1.29 is 0 Å². The summed E-state index contributed by atoms with van der Waals surface area (Å²) in [6, 6.07) is 0. The van der Waals surface area contributed by atoms with Crippen LogP contribution in [0.15, 0.2) is 11.0 Å². The van der Waals surface area contributed by atoms with Crippen LogP contribution in [0.4, 0.5) is 0 Å². The molecule has 1 rings (SSSR count). The van der Waals surface area contributed by atoms with E-state index >= 15 is 0 Å². The first kappa shape index (κ1) is 2.38. The van der Waals surface area contributed by atoms with Crippen LogP contribution in [-0.2, 0) is 0 Å². The summed E-state index contributed by atoms with van der Waals surface area (Å²) >= 11 is 0.657. The molecule has 1 heterocycles. The zero-order chi connectivity index (χ0) is 2.83. The van der Waals surface area contributed by atoms with E-state index in [4.69, 9.17) is 0 Å². The monoisotopic (exact) mass is 66.0 g/mol. The van der Waals surface area contributed by atoms with Gasteiger partial charge in [0.1, 0.15) is 0 Å². The predicted molar refractivity (Wildman–Crippen MR) is 21.0 cm³/mol. The summed E-state index contributed by atoms with van der Waals surface area (Å²) in [7, 11) is 0. The summed E-state index contributed by atoms with van der Waals surface area (Å²) < 4.78 is 0. The van der Waals surface area contributed by atoms with Gasteiger partial charge < -0.3 is 0 Å². The molecule has 0 aromatic rings. The van der Waals surface area contributed by atoms with E-state index in [1.54, 1.807) is 0 Å². The van der Waals surface area contributed by atoms with Gasteiger partial charge in [-0.3, -0.25) is 0 Å². The fourth-order valence-corrected chi connectivity index (χ4v) is 0.333. The number of allylic oxidation sites excluding steroid dienone is 1.